The fourth-order valence-corrected chi connectivity index (χ4v) is 2.49. The standard InChI is InChI=1S/C12H20N2O3S/c1-3-14-18(16,17)12-6-4-11(5-7-12)13-9-8-10(2)15/h4-7,10,13-15H,3,8-9H2,1-2H3. The third-order valence-electron chi connectivity index (χ3n) is 2.39. The molecule has 1 atom stereocenters. The van der Waals surface area contributed by atoms with Crippen LogP contribution in [0.4, 0.5) is 5.69 Å². The molecule has 0 fully saturated rings. The molecule has 1 aromatic rings. The Labute approximate surface area is 108 Å². The Kier molecular flexibility index (Phi) is 5.58. The van der Waals surface area contributed by atoms with E-state index >= 15 is 0 Å². The van der Waals surface area contributed by atoms with Crippen molar-refractivity contribution in [3.63, 3.8) is 0 Å². The van der Waals surface area contributed by atoms with Gasteiger partial charge in [0.1, 0.15) is 0 Å². The zero-order valence-electron chi connectivity index (χ0n) is 10.7. The van der Waals surface area contributed by atoms with E-state index in [0.717, 1.165) is 5.69 Å². The van der Waals surface area contributed by atoms with E-state index in [-0.39, 0.29) is 11.0 Å². The SMILES string of the molecule is CCNS(=O)(=O)c1ccc(NCCC(C)O)cc1. The van der Waals surface area contributed by atoms with Crippen LogP contribution in [0.3, 0.4) is 0 Å². The van der Waals surface area contributed by atoms with Crippen molar-refractivity contribution in [1.82, 2.24) is 4.72 Å². The van der Waals surface area contributed by atoms with Crippen LogP contribution in [0.2, 0.25) is 0 Å². The molecule has 0 amide bonds. The molecule has 0 spiro atoms. The van der Waals surface area contributed by atoms with Gasteiger partial charge in [-0.15, -0.1) is 0 Å². The summed E-state index contributed by atoms with van der Waals surface area (Å²) in [5.74, 6) is 0. The van der Waals surface area contributed by atoms with Crippen LogP contribution in [0, 0.1) is 0 Å². The topological polar surface area (TPSA) is 78.4 Å². The largest absolute Gasteiger partial charge is 0.393 e. The predicted octanol–water partition coefficient (Wildman–Crippen LogP) is 1.17. The first kappa shape index (κ1) is 14.9. The van der Waals surface area contributed by atoms with Crippen molar-refractivity contribution in [3.8, 4) is 0 Å². The minimum atomic E-state index is -3.38. The maximum absolute atomic E-state index is 11.7. The summed E-state index contributed by atoms with van der Waals surface area (Å²) in [7, 11) is -3.38. The molecule has 0 heterocycles. The molecule has 5 nitrogen and oxygen atoms in total. The average molecular weight is 272 g/mol. The van der Waals surface area contributed by atoms with E-state index < -0.39 is 10.0 Å². The van der Waals surface area contributed by atoms with Crippen molar-refractivity contribution in [2.75, 3.05) is 18.4 Å². The number of sulfonamides is 1. The highest BCUT2D eigenvalue weighted by Gasteiger charge is 2.11. The lowest BCUT2D eigenvalue weighted by atomic mass is 10.2. The van der Waals surface area contributed by atoms with Crippen molar-refractivity contribution in [3.05, 3.63) is 24.3 Å². The third kappa shape index (κ3) is 4.64. The average Bonchev–Trinajstić information content (AvgIpc) is 2.29. The molecule has 3 N–H and O–H groups in total. The molecule has 0 saturated carbocycles. The Morgan fingerprint density at radius 3 is 2.39 bits per heavy atom. The lowest BCUT2D eigenvalue weighted by Gasteiger charge is -2.09. The van der Waals surface area contributed by atoms with Gasteiger partial charge in [-0.25, -0.2) is 13.1 Å². The van der Waals surface area contributed by atoms with Crippen LogP contribution < -0.4 is 10.0 Å². The summed E-state index contributed by atoms with van der Waals surface area (Å²) in [5.41, 5.74) is 0.839. The summed E-state index contributed by atoms with van der Waals surface area (Å²) in [6.45, 7) is 4.49. The van der Waals surface area contributed by atoms with Crippen LogP contribution >= 0.6 is 0 Å². The first-order valence-corrected chi connectivity index (χ1v) is 7.45. The molecular formula is C12H20N2O3S. The molecule has 0 aliphatic heterocycles. The fourth-order valence-electron chi connectivity index (χ4n) is 1.45. The molecule has 1 unspecified atom stereocenters. The minimum Gasteiger partial charge on any atom is -0.393 e. The van der Waals surface area contributed by atoms with Crippen LogP contribution in [0.1, 0.15) is 20.3 Å². The van der Waals surface area contributed by atoms with E-state index in [1.54, 1.807) is 38.1 Å². The first-order valence-electron chi connectivity index (χ1n) is 5.97. The lowest BCUT2D eigenvalue weighted by molar-refractivity contribution is 0.189. The van der Waals surface area contributed by atoms with Gasteiger partial charge >= 0.3 is 0 Å². The van der Waals surface area contributed by atoms with Gasteiger partial charge in [0.05, 0.1) is 11.0 Å². The van der Waals surface area contributed by atoms with Crippen LogP contribution in [0.5, 0.6) is 0 Å². The van der Waals surface area contributed by atoms with E-state index in [2.05, 4.69) is 10.0 Å². The molecule has 102 valence electrons. The fraction of sp³-hybridized carbons (Fsp3) is 0.500. The Bertz CT molecular complexity index is 455. The second kappa shape index (κ2) is 6.72. The molecule has 0 bridgehead atoms. The summed E-state index contributed by atoms with van der Waals surface area (Å²) in [5, 5.41) is 12.2. The van der Waals surface area contributed by atoms with Crippen LogP contribution in [0.25, 0.3) is 0 Å². The number of hydrogen-bond donors (Lipinski definition) is 3. The van der Waals surface area contributed by atoms with E-state index in [0.29, 0.717) is 19.5 Å². The van der Waals surface area contributed by atoms with Gasteiger partial charge in [0.25, 0.3) is 0 Å². The number of aliphatic hydroxyl groups excluding tert-OH is 1. The number of benzene rings is 1. The van der Waals surface area contributed by atoms with Crippen LogP contribution in [0.15, 0.2) is 29.2 Å². The minimum absolute atomic E-state index is 0.255. The molecule has 0 aliphatic rings. The zero-order chi connectivity index (χ0) is 13.6. The highest BCUT2D eigenvalue weighted by molar-refractivity contribution is 7.89. The quantitative estimate of drug-likeness (QED) is 0.696. The van der Waals surface area contributed by atoms with Crippen molar-refractivity contribution >= 4 is 15.7 Å². The van der Waals surface area contributed by atoms with Crippen LogP contribution in [-0.2, 0) is 10.0 Å². The molecule has 1 rings (SSSR count). The Morgan fingerprint density at radius 1 is 1.28 bits per heavy atom. The van der Waals surface area contributed by atoms with Gasteiger partial charge < -0.3 is 10.4 Å². The summed E-state index contributed by atoms with van der Waals surface area (Å²) in [4.78, 5) is 0.255. The van der Waals surface area contributed by atoms with Gasteiger partial charge in [-0.2, -0.15) is 0 Å². The van der Waals surface area contributed by atoms with Gasteiger partial charge in [-0.05, 0) is 37.6 Å². The van der Waals surface area contributed by atoms with Crippen molar-refractivity contribution < 1.29 is 13.5 Å². The number of aliphatic hydroxyl groups is 1. The Hall–Kier alpha value is -1.11. The Balaban J connectivity index is 2.63. The van der Waals surface area contributed by atoms with Crippen molar-refractivity contribution in [2.45, 2.75) is 31.3 Å². The highest BCUT2D eigenvalue weighted by atomic mass is 32.2. The number of hydrogen-bond acceptors (Lipinski definition) is 4. The van der Waals surface area contributed by atoms with Crippen molar-refractivity contribution in [2.24, 2.45) is 0 Å². The summed E-state index contributed by atoms with van der Waals surface area (Å²) in [6, 6.07) is 6.55. The van der Waals surface area contributed by atoms with E-state index in [4.69, 9.17) is 5.11 Å². The zero-order valence-corrected chi connectivity index (χ0v) is 11.5. The number of rotatable bonds is 7. The summed E-state index contributed by atoms with van der Waals surface area (Å²) in [6.07, 6.45) is 0.308. The monoisotopic (exact) mass is 272 g/mol. The maximum Gasteiger partial charge on any atom is 0.240 e. The second-order valence-corrected chi connectivity index (χ2v) is 5.86. The van der Waals surface area contributed by atoms with Crippen LogP contribution in [-0.4, -0.2) is 32.7 Å². The van der Waals surface area contributed by atoms with Gasteiger partial charge in [-0.3, -0.25) is 0 Å². The molecular weight excluding hydrogens is 252 g/mol. The molecule has 6 heteroatoms. The number of anilines is 1. The lowest BCUT2D eigenvalue weighted by Crippen LogP contribution is -2.23. The smallest absolute Gasteiger partial charge is 0.240 e. The molecule has 1 aromatic carbocycles. The van der Waals surface area contributed by atoms with Crippen molar-refractivity contribution in [1.29, 1.82) is 0 Å². The molecule has 0 radical (unpaired) electrons. The second-order valence-electron chi connectivity index (χ2n) is 4.09. The molecule has 0 aliphatic carbocycles. The van der Waals surface area contributed by atoms with Gasteiger partial charge in [-0.1, -0.05) is 6.92 Å². The molecule has 0 aromatic heterocycles. The normalized spacial score (nSPS) is 13.3. The van der Waals surface area contributed by atoms with E-state index in [1.807, 2.05) is 0 Å². The Morgan fingerprint density at radius 2 is 1.89 bits per heavy atom. The molecule has 0 saturated heterocycles. The van der Waals surface area contributed by atoms with Gasteiger partial charge in [0.2, 0.25) is 10.0 Å². The maximum atomic E-state index is 11.7. The predicted molar refractivity (Wildman–Crippen MR) is 72.1 cm³/mol. The third-order valence-corrected chi connectivity index (χ3v) is 3.95. The molecule has 18 heavy (non-hydrogen) atoms. The summed E-state index contributed by atoms with van der Waals surface area (Å²) >= 11 is 0. The van der Waals surface area contributed by atoms with E-state index in [1.165, 1.54) is 0 Å². The van der Waals surface area contributed by atoms with Gasteiger partial charge in [0, 0.05) is 18.8 Å². The van der Waals surface area contributed by atoms with Gasteiger partial charge in [0.15, 0.2) is 0 Å². The van der Waals surface area contributed by atoms with E-state index in [9.17, 15) is 8.42 Å². The first-order chi connectivity index (χ1) is 8.45. The highest BCUT2D eigenvalue weighted by Crippen LogP contribution is 2.13. The number of nitrogens with one attached hydrogen (secondary N) is 2. The summed E-state index contributed by atoms with van der Waals surface area (Å²) < 4.78 is 25.8.